The molecule has 3 rings (SSSR count). The molecule has 28 heavy (non-hydrogen) atoms. The van der Waals surface area contributed by atoms with Crippen molar-refractivity contribution < 1.29 is 9.59 Å². The van der Waals surface area contributed by atoms with Crippen molar-refractivity contribution in [3.63, 3.8) is 0 Å². The molecule has 2 aliphatic rings. The lowest BCUT2D eigenvalue weighted by atomic mass is 9.94. The summed E-state index contributed by atoms with van der Waals surface area (Å²) in [5, 5.41) is 3.20. The Labute approximate surface area is 167 Å². The second kappa shape index (κ2) is 9.45. The first-order valence-corrected chi connectivity index (χ1v) is 10.5. The van der Waals surface area contributed by atoms with Gasteiger partial charge in [0.05, 0.1) is 23.8 Å². The molecule has 1 saturated heterocycles. The smallest absolute Gasteiger partial charge is 0.254 e. The Bertz CT molecular complexity index is 700. The highest BCUT2D eigenvalue weighted by Crippen LogP contribution is 2.31. The Kier molecular flexibility index (Phi) is 6.99. The normalized spacial score (nSPS) is 21.3. The zero-order valence-corrected chi connectivity index (χ0v) is 17.4. The van der Waals surface area contributed by atoms with E-state index in [1.807, 2.05) is 6.92 Å². The summed E-state index contributed by atoms with van der Waals surface area (Å²) in [6.07, 6.45) is 10.4. The standard InChI is InChI=1S/C21H33N5O2/c1-15-22-13-17(21(28)24-16-9-5-4-6-10-16)20(23-15)18-11-7-8-12-26(18)14-19(27)25(2)3/h13,16,18H,4-12,14H2,1-3H3,(H,24,28). The van der Waals surface area contributed by atoms with Crippen LogP contribution in [0.2, 0.25) is 0 Å². The number of carbonyl (C=O) groups excluding carboxylic acids is 2. The number of carbonyl (C=O) groups is 2. The number of nitrogens with zero attached hydrogens (tertiary/aromatic N) is 4. The van der Waals surface area contributed by atoms with Gasteiger partial charge in [-0.05, 0) is 39.2 Å². The van der Waals surface area contributed by atoms with E-state index in [4.69, 9.17) is 0 Å². The summed E-state index contributed by atoms with van der Waals surface area (Å²) in [5.41, 5.74) is 1.33. The van der Waals surface area contributed by atoms with E-state index in [9.17, 15) is 9.59 Å². The fourth-order valence-electron chi connectivity index (χ4n) is 4.23. The molecule has 2 heterocycles. The van der Waals surface area contributed by atoms with Crippen LogP contribution < -0.4 is 5.32 Å². The third-order valence-corrected chi connectivity index (χ3v) is 5.89. The number of aromatic nitrogens is 2. The molecule has 1 N–H and O–H groups in total. The number of nitrogens with one attached hydrogen (secondary N) is 1. The average molecular weight is 388 g/mol. The van der Waals surface area contributed by atoms with Crippen molar-refractivity contribution in [3.05, 3.63) is 23.3 Å². The molecule has 1 saturated carbocycles. The number of hydrogen-bond donors (Lipinski definition) is 1. The first kappa shape index (κ1) is 20.7. The second-order valence-electron chi connectivity index (χ2n) is 8.29. The zero-order chi connectivity index (χ0) is 20.1. The molecular formula is C21H33N5O2. The number of aryl methyl sites for hydroxylation is 1. The molecule has 7 heteroatoms. The number of likely N-dealkylation sites (tertiary alicyclic amines) is 1. The van der Waals surface area contributed by atoms with E-state index in [1.165, 1.54) is 19.3 Å². The molecule has 1 aliphatic heterocycles. The van der Waals surface area contributed by atoms with Crippen LogP contribution >= 0.6 is 0 Å². The van der Waals surface area contributed by atoms with E-state index >= 15 is 0 Å². The summed E-state index contributed by atoms with van der Waals surface area (Å²) >= 11 is 0. The molecule has 2 amide bonds. The molecule has 0 radical (unpaired) electrons. The van der Waals surface area contributed by atoms with Crippen molar-refractivity contribution in [1.29, 1.82) is 0 Å². The average Bonchev–Trinajstić information content (AvgIpc) is 2.69. The molecule has 0 aromatic carbocycles. The molecule has 0 spiro atoms. The highest BCUT2D eigenvalue weighted by molar-refractivity contribution is 5.95. The number of rotatable bonds is 5. The molecule has 0 bridgehead atoms. The van der Waals surface area contributed by atoms with E-state index in [0.29, 0.717) is 17.9 Å². The fraction of sp³-hybridized carbons (Fsp3) is 0.714. The Morgan fingerprint density at radius 1 is 1.14 bits per heavy atom. The van der Waals surface area contributed by atoms with Gasteiger partial charge in [-0.25, -0.2) is 9.97 Å². The topological polar surface area (TPSA) is 78.4 Å². The monoisotopic (exact) mass is 387 g/mol. The summed E-state index contributed by atoms with van der Waals surface area (Å²) in [6.45, 7) is 3.05. The quantitative estimate of drug-likeness (QED) is 0.840. The van der Waals surface area contributed by atoms with Crippen LogP contribution in [0.3, 0.4) is 0 Å². The lowest BCUT2D eigenvalue weighted by Gasteiger charge is -2.36. The maximum Gasteiger partial charge on any atom is 0.254 e. The van der Waals surface area contributed by atoms with Gasteiger partial charge in [0.2, 0.25) is 5.91 Å². The largest absolute Gasteiger partial charge is 0.349 e. The van der Waals surface area contributed by atoms with Crippen LogP contribution in [0.5, 0.6) is 0 Å². The van der Waals surface area contributed by atoms with Crippen molar-refractivity contribution in [1.82, 2.24) is 25.1 Å². The van der Waals surface area contributed by atoms with Gasteiger partial charge in [0.1, 0.15) is 5.82 Å². The van der Waals surface area contributed by atoms with Gasteiger partial charge in [-0.1, -0.05) is 25.7 Å². The van der Waals surface area contributed by atoms with Crippen molar-refractivity contribution >= 4 is 11.8 Å². The Balaban J connectivity index is 1.83. The zero-order valence-electron chi connectivity index (χ0n) is 17.4. The molecule has 1 unspecified atom stereocenters. The van der Waals surface area contributed by atoms with Crippen molar-refractivity contribution in [2.24, 2.45) is 0 Å². The maximum absolute atomic E-state index is 13.0. The van der Waals surface area contributed by atoms with Gasteiger partial charge in [-0.15, -0.1) is 0 Å². The first-order valence-electron chi connectivity index (χ1n) is 10.5. The van der Waals surface area contributed by atoms with Crippen LogP contribution in [0.15, 0.2) is 6.20 Å². The Hall–Kier alpha value is -2.02. The van der Waals surface area contributed by atoms with Crippen LogP contribution in [-0.4, -0.2) is 64.8 Å². The lowest BCUT2D eigenvalue weighted by molar-refractivity contribution is -0.130. The van der Waals surface area contributed by atoms with E-state index in [2.05, 4.69) is 20.2 Å². The molecule has 1 atom stereocenters. The van der Waals surface area contributed by atoms with Gasteiger partial charge >= 0.3 is 0 Å². The van der Waals surface area contributed by atoms with Crippen LogP contribution in [0.25, 0.3) is 0 Å². The fourth-order valence-corrected chi connectivity index (χ4v) is 4.23. The van der Waals surface area contributed by atoms with E-state index < -0.39 is 0 Å². The Morgan fingerprint density at radius 3 is 2.57 bits per heavy atom. The van der Waals surface area contributed by atoms with Gasteiger partial charge in [-0.2, -0.15) is 0 Å². The third kappa shape index (κ3) is 5.07. The maximum atomic E-state index is 13.0. The number of likely N-dealkylation sites (N-methyl/N-ethyl adjacent to an activating group) is 1. The number of piperidine rings is 1. The van der Waals surface area contributed by atoms with E-state index in [-0.39, 0.29) is 23.9 Å². The second-order valence-corrected chi connectivity index (χ2v) is 8.29. The van der Waals surface area contributed by atoms with Gasteiger partial charge in [-0.3, -0.25) is 14.5 Å². The minimum atomic E-state index is -0.0774. The summed E-state index contributed by atoms with van der Waals surface area (Å²) < 4.78 is 0. The van der Waals surface area contributed by atoms with Gasteiger partial charge in [0.25, 0.3) is 5.91 Å². The van der Waals surface area contributed by atoms with Crippen LogP contribution in [-0.2, 0) is 4.79 Å². The van der Waals surface area contributed by atoms with Crippen LogP contribution in [0, 0.1) is 6.92 Å². The summed E-state index contributed by atoms with van der Waals surface area (Å²) in [4.78, 5) is 38.1. The molecule has 154 valence electrons. The van der Waals surface area contributed by atoms with E-state index in [0.717, 1.165) is 44.3 Å². The molecule has 1 aromatic heterocycles. The van der Waals surface area contributed by atoms with Gasteiger partial charge in [0, 0.05) is 26.3 Å². The molecular weight excluding hydrogens is 354 g/mol. The third-order valence-electron chi connectivity index (χ3n) is 5.89. The summed E-state index contributed by atoms with van der Waals surface area (Å²) in [5.74, 6) is 0.658. The number of hydrogen-bond acceptors (Lipinski definition) is 5. The molecule has 1 aromatic rings. The summed E-state index contributed by atoms with van der Waals surface area (Å²) in [7, 11) is 3.55. The minimum absolute atomic E-state index is 0.0218. The van der Waals surface area contributed by atoms with Crippen molar-refractivity contribution in [2.75, 3.05) is 27.2 Å². The van der Waals surface area contributed by atoms with Crippen molar-refractivity contribution in [2.45, 2.75) is 70.4 Å². The minimum Gasteiger partial charge on any atom is -0.349 e. The molecule has 1 aliphatic carbocycles. The number of amides is 2. The van der Waals surface area contributed by atoms with Crippen molar-refractivity contribution in [3.8, 4) is 0 Å². The summed E-state index contributed by atoms with van der Waals surface area (Å²) in [6, 6.07) is 0.222. The SMILES string of the molecule is Cc1ncc(C(=O)NC2CCCCC2)c(C2CCCCN2CC(=O)N(C)C)n1. The highest BCUT2D eigenvalue weighted by atomic mass is 16.2. The Morgan fingerprint density at radius 2 is 1.86 bits per heavy atom. The van der Waals surface area contributed by atoms with E-state index in [1.54, 1.807) is 25.2 Å². The van der Waals surface area contributed by atoms with Crippen LogP contribution in [0.1, 0.15) is 79.3 Å². The lowest BCUT2D eigenvalue weighted by Crippen LogP contribution is -2.43. The predicted molar refractivity (Wildman–Crippen MR) is 108 cm³/mol. The van der Waals surface area contributed by atoms with Gasteiger partial charge in [0.15, 0.2) is 0 Å². The van der Waals surface area contributed by atoms with Crippen LogP contribution in [0.4, 0.5) is 0 Å². The van der Waals surface area contributed by atoms with Gasteiger partial charge < -0.3 is 10.2 Å². The highest BCUT2D eigenvalue weighted by Gasteiger charge is 2.31. The molecule has 7 nitrogen and oxygen atoms in total. The molecule has 2 fully saturated rings. The predicted octanol–water partition coefficient (Wildman–Crippen LogP) is 2.46. The first-order chi connectivity index (χ1) is 13.5.